The van der Waals surface area contributed by atoms with Crippen molar-refractivity contribution in [1.29, 1.82) is 0 Å². The van der Waals surface area contributed by atoms with Crippen LogP contribution in [0.4, 0.5) is 0 Å². The van der Waals surface area contributed by atoms with Crippen molar-refractivity contribution in [3.05, 3.63) is 17.7 Å². The van der Waals surface area contributed by atoms with Gasteiger partial charge in [-0.2, -0.15) is 0 Å². The van der Waals surface area contributed by atoms with Crippen molar-refractivity contribution < 1.29 is 9.47 Å². The molecule has 1 aliphatic carbocycles. The van der Waals surface area contributed by atoms with Gasteiger partial charge in [0.05, 0.1) is 12.0 Å². The number of thioether (sulfide) groups is 1. The third-order valence-corrected chi connectivity index (χ3v) is 4.83. The molecule has 0 unspecified atom stereocenters. The van der Waals surface area contributed by atoms with Crippen LogP contribution in [0.5, 0.6) is 11.5 Å². The van der Waals surface area contributed by atoms with Crippen LogP contribution in [0.25, 0.3) is 0 Å². The van der Waals surface area contributed by atoms with E-state index in [0.29, 0.717) is 12.5 Å². The van der Waals surface area contributed by atoms with Crippen LogP contribution in [-0.4, -0.2) is 19.6 Å². The predicted molar refractivity (Wildman–Crippen MR) is 68.9 cm³/mol. The first-order valence-corrected chi connectivity index (χ1v) is 6.96. The average Bonchev–Trinajstić information content (AvgIpc) is 2.74. The summed E-state index contributed by atoms with van der Waals surface area (Å²) >= 11 is 1.72. The molecule has 1 heterocycles. The minimum absolute atomic E-state index is 0.122. The molecule has 0 radical (unpaired) electrons. The third-order valence-electron chi connectivity index (χ3n) is 3.97. The van der Waals surface area contributed by atoms with Crippen LogP contribution in [0.2, 0.25) is 0 Å². The lowest BCUT2D eigenvalue weighted by atomic mass is 9.64. The number of fused-ring (bicyclic) bond motifs is 1. The Morgan fingerprint density at radius 1 is 1.47 bits per heavy atom. The third kappa shape index (κ3) is 1.62. The molecule has 2 N–H and O–H groups in total. The maximum absolute atomic E-state index is 5.97. The number of hydrogen-bond donors (Lipinski definition) is 1. The van der Waals surface area contributed by atoms with Gasteiger partial charge >= 0.3 is 0 Å². The van der Waals surface area contributed by atoms with Crippen molar-refractivity contribution in [2.45, 2.75) is 29.6 Å². The van der Waals surface area contributed by atoms with Crippen LogP contribution >= 0.6 is 11.8 Å². The van der Waals surface area contributed by atoms with E-state index in [-0.39, 0.29) is 5.41 Å². The standard InChI is InChI=1S/C13H17NO2S/c1-15-10-6-12-11(16-8-17-12)5-9(10)13(7-14)3-2-4-13/h5-6H,2-4,7-8,14H2,1H3. The molecule has 2 aliphatic rings. The maximum atomic E-state index is 5.97. The molecule has 92 valence electrons. The molecule has 4 heteroatoms. The molecule has 17 heavy (non-hydrogen) atoms. The van der Waals surface area contributed by atoms with E-state index in [2.05, 4.69) is 12.1 Å². The summed E-state index contributed by atoms with van der Waals surface area (Å²) in [6.07, 6.45) is 3.57. The molecular formula is C13H17NO2S. The highest BCUT2D eigenvalue weighted by Crippen LogP contribution is 2.50. The number of ether oxygens (including phenoxy) is 2. The van der Waals surface area contributed by atoms with Gasteiger partial charge in [-0.25, -0.2) is 0 Å². The Labute approximate surface area is 106 Å². The minimum Gasteiger partial charge on any atom is -0.496 e. The summed E-state index contributed by atoms with van der Waals surface area (Å²) in [7, 11) is 1.73. The van der Waals surface area contributed by atoms with E-state index in [1.165, 1.54) is 16.9 Å². The van der Waals surface area contributed by atoms with Crippen LogP contribution in [-0.2, 0) is 5.41 Å². The van der Waals surface area contributed by atoms with Crippen molar-refractivity contribution in [2.75, 3.05) is 19.6 Å². The Hall–Kier alpha value is -0.870. The smallest absolute Gasteiger partial charge is 0.138 e. The van der Waals surface area contributed by atoms with Gasteiger partial charge in [0.1, 0.15) is 17.4 Å². The van der Waals surface area contributed by atoms with E-state index in [1.54, 1.807) is 18.9 Å². The second-order valence-corrected chi connectivity index (χ2v) is 5.71. The first-order chi connectivity index (χ1) is 8.29. The number of methoxy groups -OCH3 is 1. The summed E-state index contributed by atoms with van der Waals surface area (Å²) in [5, 5.41) is 0. The number of hydrogen-bond acceptors (Lipinski definition) is 4. The van der Waals surface area contributed by atoms with Gasteiger partial charge in [-0.3, -0.25) is 0 Å². The highest BCUT2D eigenvalue weighted by atomic mass is 32.2. The quantitative estimate of drug-likeness (QED) is 0.896. The van der Waals surface area contributed by atoms with Gasteiger partial charge in [0.2, 0.25) is 0 Å². The van der Waals surface area contributed by atoms with E-state index in [0.717, 1.165) is 24.3 Å². The monoisotopic (exact) mass is 251 g/mol. The summed E-state index contributed by atoms with van der Waals surface area (Å²) in [6, 6.07) is 4.23. The Morgan fingerprint density at radius 3 is 2.88 bits per heavy atom. The normalized spacial score (nSPS) is 20.4. The van der Waals surface area contributed by atoms with Crippen molar-refractivity contribution in [3.63, 3.8) is 0 Å². The van der Waals surface area contributed by atoms with Gasteiger partial charge < -0.3 is 15.2 Å². The topological polar surface area (TPSA) is 44.5 Å². The van der Waals surface area contributed by atoms with Crippen LogP contribution in [0, 0.1) is 0 Å². The van der Waals surface area contributed by atoms with E-state index in [9.17, 15) is 0 Å². The van der Waals surface area contributed by atoms with Gasteiger partial charge in [0, 0.05) is 17.5 Å². The second-order valence-electron chi connectivity index (χ2n) is 4.74. The SMILES string of the molecule is COc1cc2c(cc1C1(CN)CCC1)OCS2. The molecule has 3 nitrogen and oxygen atoms in total. The van der Waals surface area contributed by atoms with Gasteiger partial charge in [-0.15, -0.1) is 0 Å². The first-order valence-electron chi connectivity index (χ1n) is 5.97. The molecule has 0 amide bonds. The summed E-state index contributed by atoms with van der Waals surface area (Å²) in [5.74, 6) is 2.66. The van der Waals surface area contributed by atoms with Gasteiger partial charge in [0.15, 0.2) is 0 Å². The molecule has 0 atom stereocenters. The molecule has 1 aromatic carbocycles. The zero-order chi connectivity index (χ0) is 11.9. The van der Waals surface area contributed by atoms with Crippen LogP contribution < -0.4 is 15.2 Å². The Balaban J connectivity index is 2.08. The maximum Gasteiger partial charge on any atom is 0.138 e. The summed E-state index contributed by atoms with van der Waals surface area (Å²) in [5.41, 5.74) is 7.32. The molecular weight excluding hydrogens is 234 g/mol. The minimum atomic E-state index is 0.122. The molecule has 0 spiro atoms. The number of nitrogens with two attached hydrogens (primary N) is 1. The van der Waals surface area contributed by atoms with Crippen molar-refractivity contribution in [3.8, 4) is 11.5 Å². The molecule has 1 aliphatic heterocycles. The first kappa shape index (κ1) is 11.2. The van der Waals surface area contributed by atoms with Gasteiger partial charge in [-0.1, -0.05) is 18.2 Å². The summed E-state index contributed by atoms with van der Waals surface area (Å²) in [6.45, 7) is 0.690. The van der Waals surface area contributed by atoms with E-state index in [1.807, 2.05) is 0 Å². The zero-order valence-corrected chi connectivity index (χ0v) is 10.8. The molecule has 1 aromatic rings. The molecule has 3 rings (SSSR count). The average molecular weight is 251 g/mol. The van der Waals surface area contributed by atoms with Crippen LogP contribution in [0.15, 0.2) is 17.0 Å². The lowest BCUT2D eigenvalue weighted by Gasteiger charge is -2.42. The highest BCUT2D eigenvalue weighted by Gasteiger charge is 2.40. The zero-order valence-electron chi connectivity index (χ0n) is 9.99. The molecule has 1 saturated carbocycles. The fourth-order valence-corrected chi connectivity index (χ4v) is 3.46. The van der Waals surface area contributed by atoms with Crippen LogP contribution in [0.1, 0.15) is 24.8 Å². The summed E-state index contributed by atoms with van der Waals surface area (Å²) < 4.78 is 11.1. The Bertz CT molecular complexity index is 438. The largest absolute Gasteiger partial charge is 0.496 e. The highest BCUT2D eigenvalue weighted by molar-refractivity contribution is 7.99. The van der Waals surface area contributed by atoms with Crippen LogP contribution in [0.3, 0.4) is 0 Å². The number of benzene rings is 1. The molecule has 0 aromatic heterocycles. The molecule has 0 bridgehead atoms. The van der Waals surface area contributed by atoms with Gasteiger partial charge in [-0.05, 0) is 25.0 Å². The second kappa shape index (κ2) is 4.10. The summed E-state index contributed by atoms with van der Waals surface area (Å²) in [4.78, 5) is 1.18. The lowest BCUT2D eigenvalue weighted by molar-refractivity contribution is 0.242. The van der Waals surface area contributed by atoms with Crippen molar-refractivity contribution in [2.24, 2.45) is 5.73 Å². The van der Waals surface area contributed by atoms with Gasteiger partial charge in [0.25, 0.3) is 0 Å². The van der Waals surface area contributed by atoms with E-state index < -0.39 is 0 Å². The molecule has 0 saturated heterocycles. The lowest BCUT2D eigenvalue weighted by Crippen LogP contribution is -2.41. The Kier molecular flexibility index (Phi) is 2.71. The fourth-order valence-electron chi connectivity index (χ4n) is 2.69. The van der Waals surface area contributed by atoms with Crippen molar-refractivity contribution in [1.82, 2.24) is 0 Å². The van der Waals surface area contributed by atoms with E-state index in [4.69, 9.17) is 15.2 Å². The Morgan fingerprint density at radius 2 is 2.29 bits per heavy atom. The number of rotatable bonds is 3. The molecule has 1 fully saturated rings. The predicted octanol–water partition coefficient (Wildman–Crippen LogP) is 2.52. The van der Waals surface area contributed by atoms with Crippen molar-refractivity contribution >= 4 is 11.8 Å². The van der Waals surface area contributed by atoms with E-state index >= 15 is 0 Å². The fraction of sp³-hybridized carbons (Fsp3) is 0.538.